The fourth-order valence-electron chi connectivity index (χ4n) is 0.609. The van der Waals surface area contributed by atoms with Crippen LogP contribution in [0.3, 0.4) is 0 Å². The number of unbranched alkanes of at least 4 members (excludes halogenated alkanes) is 1. The summed E-state index contributed by atoms with van der Waals surface area (Å²) in [5.41, 5.74) is -0.448. The third kappa shape index (κ3) is 11.7. The SMILES string of the molecule is CCCCC(C)(C)O.Cl. The van der Waals surface area contributed by atoms with E-state index in [2.05, 4.69) is 6.92 Å². The molecule has 0 aromatic carbocycles. The number of rotatable bonds is 3. The highest BCUT2D eigenvalue weighted by Gasteiger charge is 2.09. The molecule has 0 rings (SSSR count). The Labute approximate surface area is 63.9 Å². The average molecular weight is 153 g/mol. The molecule has 0 aromatic heterocycles. The molecule has 0 bridgehead atoms. The van der Waals surface area contributed by atoms with Crippen molar-refractivity contribution in [1.29, 1.82) is 0 Å². The van der Waals surface area contributed by atoms with Gasteiger partial charge in [0, 0.05) is 0 Å². The highest BCUT2D eigenvalue weighted by Crippen LogP contribution is 2.10. The van der Waals surface area contributed by atoms with Crippen molar-refractivity contribution in [1.82, 2.24) is 0 Å². The van der Waals surface area contributed by atoms with Gasteiger partial charge >= 0.3 is 0 Å². The van der Waals surface area contributed by atoms with Crippen LogP contribution in [0.5, 0.6) is 0 Å². The van der Waals surface area contributed by atoms with Crippen LogP contribution in [0.25, 0.3) is 0 Å². The standard InChI is InChI=1S/C7H16O.ClH/c1-4-5-6-7(2,3)8;/h8H,4-6H2,1-3H3;1H. The Morgan fingerprint density at radius 1 is 1.33 bits per heavy atom. The summed E-state index contributed by atoms with van der Waals surface area (Å²) in [6.45, 7) is 5.83. The van der Waals surface area contributed by atoms with Crippen molar-refractivity contribution in [3.8, 4) is 0 Å². The normalized spacial score (nSPS) is 10.7. The van der Waals surface area contributed by atoms with Gasteiger partial charge in [0.25, 0.3) is 0 Å². The van der Waals surface area contributed by atoms with E-state index >= 15 is 0 Å². The third-order valence-electron chi connectivity index (χ3n) is 1.14. The van der Waals surface area contributed by atoms with Crippen molar-refractivity contribution < 1.29 is 5.11 Å². The molecule has 0 amide bonds. The first-order chi connectivity index (χ1) is 3.56. The van der Waals surface area contributed by atoms with Gasteiger partial charge in [0.05, 0.1) is 5.60 Å². The molecule has 1 N–H and O–H groups in total. The molecule has 0 aromatic rings. The summed E-state index contributed by atoms with van der Waals surface area (Å²) in [5, 5.41) is 9.15. The van der Waals surface area contributed by atoms with Crippen LogP contribution in [0, 0.1) is 0 Å². The van der Waals surface area contributed by atoms with Crippen LogP contribution >= 0.6 is 12.4 Å². The second-order valence-electron chi connectivity index (χ2n) is 2.92. The monoisotopic (exact) mass is 152 g/mol. The van der Waals surface area contributed by atoms with Gasteiger partial charge in [-0.15, -0.1) is 12.4 Å². The fourth-order valence-corrected chi connectivity index (χ4v) is 0.609. The molecular weight excluding hydrogens is 136 g/mol. The Kier molecular flexibility index (Phi) is 6.74. The van der Waals surface area contributed by atoms with E-state index in [4.69, 9.17) is 5.11 Å². The summed E-state index contributed by atoms with van der Waals surface area (Å²) in [6, 6.07) is 0. The summed E-state index contributed by atoms with van der Waals surface area (Å²) < 4.78 is 0. The fraction of sp³-hybridized carbons (Fsp3) is 1.00. The first kappa shape index (κ1) is 12.0. The predicted molar refractivity (Wildman–Crippen MR) is 43.1 cm³/mol. The quantitative estimate of drug-likeness (QED) is 0.659. The van der Waals surface area contributed by atoms with Gasteiger partial charge in [0.1, 0.15) is 0 Å². The average Bonchev–Trinajstić information content (AvgIpc) is 1.59. The highest BCUT2D eigenvalue weighted by molar-refractivity contribution is 5.85. The number of aliphatic hydroxyl groups is 1. The van der Waals surface area contributed by atoms with Crippen LogP contribution < -0.4 is 0 Å². The van der Waals surface area contributed by atoms with Crippen molar-refractivity contribution in [3.63, 3.8) is 0 Å². The second kappa shape index (κ2) is 5.07. The molecule has 0 aliphatic carbocycles. The van der Waals surface area contributed by atoms with E-state index in [1.807, 2.05) is 13.8 Å². The lowest BCUT2D eigenvalue weighted by Crippen LogP contribution is -2.17. The maximum atomic E-state index is 9.15. The van der Waals surface area contributed by atoms with Gasteiger partial charge in [-0.3, -0.25) is 0 Å². The minimum atomic E-state index is -0.448. The van der Waals surface area contributed by atoms with E-state index in [0.29, 0.717) is 0 Å². The van der Waals surface area contributed by atoms with Crippen molar-refractivity contribution >= 4 is 12.4 Å². The maximum absolute atomic E-state index is 9.15. The predicted octanol–water partition coefficient (Wildman–Crippen LogP) is 2.37. The Balaban J connectivity index is 0. The highest BCUT2D eigenvalue weighted by atomic mass is 35.5. The van der Waals surface area contributed by atoms with Crippen LogP contribution in [-0.2, 0) is 0 Å². The van der Waals surface area contributed by atoms with Crippen LogP contribution in [0.1, 0.15) is 40.0 Å². The van der Waals surface area contributed by atoms with Gasteiger partial charge in [-0.05, 0) is 20.3 Å². The minimum Gasteiger partial charge on any atom is -0.390 e. The third-order valence-corrected chi connectivity index (χ3v) is 1.14. The lowest BCUT2D eigenvalue weighted by atomic mass is 10.0. The summed E-state index contributed by atoms with van der Waals surface area (Å²) in [6.07, 6.45) is 3.22. The largest absolute Gasteiger partial charge is 0.390 e. The topological polar surface area (TPSA) is 20.2 Å². The first-order valence-corrected chi connectivity index (χ1v) is 3.28. The first-order valence-electron chi connectivity index (χ1n) is 3.28. The molecule has 9 heavy (non-hydrogen) atoms. The Morgan fingerprint density at radius 3 is 1.89 bits per heavy atom. The van der Waals surface area contributed by atoms with Crippen LogP contribution in [0.4, 0.5) is 0 Å². The Bertz CT molecular complexity index is 56.4. The summed E-state index contributed by atoms with van der Waals surface area (Å²) in [5.74, 6) is 0. The molecule has 0 fully saturated rings. The minimum absolute atomic E-state index is 0. The summed E-state index contributed by atoms with van der Waals surface area (Å²) in [7, 11) is 0. The smallest absolute Gasteiger partial charge is 0.0591 e. The van der Waals surface area contributed by atoms with Gasteiger partial charge in [-0.1, -0.05) is 19.8 Å². The van der Waals surface area contributed by atoms with E-state index in [-0.39, 0.29) is 12.4 Å². The van der Waals surface area contributed by atoms with Crippen LogP contribution in [0.2, 0.25) is 0 Å². The molecule has 0 heterocycles. The zero-order valence-electron chi connectivity index (χ0n) is 6.48. The van der Waals surface area contributed by atoms with Gasteiger partial charge < -0.3 is 5.11 Å². The molecule has 1 nitrogen and oxygen atoms in total. The molecule has 0 aliphatic rings. The van der Waals surface area contributed by atoms with Gasteiger partial charge in [0.2, 0.25) is 0 Å². The molecular formula is C7H17ClO. The summed E-state index contributed by atoms with van der Waals surface area (Å²) >= 11 is 0. The zero-order chi connectivity index (χ0) is 6.62. The van der Waals surface area contributed by atoms with Crippen molar-refractivity contribution in [2.45, 2.75) is 45.6 Å². The van der Waals surface area contributed by atoms with Gasteiger partial charge in [-0.25, -0.2) is 0 Å². The lowest BCUT2D eigenvalue weighted by Gasteiger charge is -2.15. The van der Waals surface area contributed by atoms with Gasteiger partial charge in [0.15, 0.2) is 0 Å². The van der Waals surface area contributed by atoms with E-state index in [0.717, 1.165) is 12.8 Å². The molecule has 2 heteroatoms. The number of hydrogen-bond donors (Lipinski definition) is 1. The van der Waals surface area contributed by atoms with Crippen molar-refractivity contribution in [3.05, 3.63) is 0 Å². The number of halogens is 1. The van der Waals surface area contributed by atoms with Crippen LogP contribution in [0.15, 0.2) is 0 Å². The molecule has 58 valence electrons. The maximum Gasteiger partial charge on any atom is 0.0591 e. The second-order valence-corrected chi connectivity index (χ2v) is 2.92. The van der Waals surface area contributed by atoms with Crippen molar-refractivity contribution in [2.75, 3.05) is 0 Å². The Hall–Kier alpha value is 0.250. The molecule has 0 saturated heterocycles. The molecule has 0 atom stereocenters. The van der Waals surface area contributed by atoms with E-state index in [1.165, 1.54) is 6.42 Å². The van der Waals surface area contributed by atoms with Gasteiger partial charge in [-0.2, -0.15) is 0 Å². The zero-order valence-corrected chi connectivity index (χ0v) is 7.29. The summed E-state index contributed by atoms with van der Waals surface area (Å²) in [4.78, 5) is 0. The lowest BCUT2D eigenvalue weighted by molar-refractivity contribution is 0.0686. The van der Waals surface area contributed by atoms with Crippen molar-refractivity contribution in [2.24, 2.45) is 0 Å². The molecule has 0 saturated carbocycles. The molecule has 0 aliphatic heterocycles. The van der Waals surface area contributed by atoms with Crippen LogP contribution in [-0.4, -0.2) is 10.7 Å². The van der Waals surface area contributed by atoms with E-state index in [1.54, 1.807) is 0 Å². The van der Waals surface area contributed by atoms with E-state index < -0.39 is 5.60 Å². The molecule has 0 radical (unpaired) electrons. The number of hydrogen-bond acceptors (Lipinski definition) is 1. The Morgan fingerprint density at radius 2 is 1.78 bits per heavy atom. The van der Waals surface area contributed by atoms with E-state index in [9.17, 15) is 0 Å². The molecule has 0 unspecified atom stereocenters. The molecule has 0 spiro atoms.